The molecule has 7 heteroatoms. The molecular formula is C16H16N6O. The van der Waals surface area contributed by atoms with Crippen LogP contribution in [0.3, 0.4) is 0 Å². The molecule has 7 nitrogen and oxygen atoms in total. The number of rotatable bonds is 1. The van der Waals surface area contributed by atoms with E-state index in [9.17, 15) is 4.79 Å². The molecule has 4 heterocycles. The van der Waals surface area contributed by atoms with Gasteiger partial charge in [0.15, 0.2) is 0 Å². The van der Waals surface area contributed by atoms with Crippen LogP contribution in [0.15, 0.2) is 30.6 Å². The number of aromatic nitrogens is 4. The molecule has 3 aromatic heterocycles. The second-order valence-electron chi connectivity index (χ2n) is 5.65. The zero-order chi connectivity index (χ0) is 16.0. The van der Waals surface area contributed by atoms with Gasteiger partial charge < -0.3 is 10.6 Å². The topological polar surface area (TPSA) is 89.4 Å². The molecule has 0 spiro atoms. The Balaban J connectivity index is 1.71. The molecule has 2 N–H and O–H groups in total. The molecule has 0 unspecified atom stereocenters. The quantitative estimate of drug-likeness (QED) is 0.730. The van der Waals surface area contributed by atoms with E-state index in [0.717, 1.165) is 29.0 Å². The lowest BCUT2D eigenvalue weighted by atomic mass is 10.1. The van der Waals surface area contributed by atoms with Gasteiger partial charge in [-0.3, -0.25) is 9.20 Å². The number of pyridine rings is 1. The van der Waals surface area contributed by atoms with E-state index in [2.05, 4.69) is 15.0 Å². The third kappa shape index (κ3) is 2.21. The maximum atomic E-state index is 13.0. The van der Waals surface area contributed by atoms with Crippen LogP contribution >= 0.6 is 0 Å². The van der Waals surface area contributed by atoms with Crippen LogP contribution in [0.1, 0.15) is 27.4 Å². The van der Waals surface area contributed by atoms with E-state index < -0.39 is 0 Å². The largest absolute Gasteiger partial charge is 0.368 e. The number of amides is 1. The molecule has 0 bridgehead atoms. The second kappa shape index (κ2) is 5.05. The van der Waals surface area contributed by atoms with Gasteiger partial charge in [-0.25, -0.2) is 15.0 Å². The van der Waals surface area contributed by atoms with E-state index in [0.29, 0.717) is 18.8 Å². The van der Waals surface area contributed by atoms with E-state index in [1.807, 2.05) is 35.7 Å². The summed E-state index contributed by atoms with van der Waals surface area (Å²) in [4.78, 5) is 27.5. The summed E-state index contributed by atoms with van der Waals surface area (Å²) in [5.41, 5.74) is 9.64. The molecule has 0 radical (unpaired) electrons. The van der Waals surface area contributed by atoms with Crippen molar-refractivity contribution >= 4 is 17.5 Å². The van der Waals surface area contributed by atoms with Gasteiger partial charge >= 0.3 is 0 Å². The third-order valence-corrected chi connectivity index (χ3v) is 4.16. The first-order valence-electron chi connectivity index (χ1n) is 7.46. The zero-order valence-corrected chi connectivity index (χ0v) is 12.7. The van der Waals surface area contributed by atoms with Crippen LogP contribution in [-0.4, -0.2) is 36.7 Å². The monoisotopic (exact) mass is 308 g/mol. The summed E-state index contributed by atoms with van der Waals surface area (Å²) in [5, 5.41) is 0. The summed E-state index contributed by atoms with van der Waals surface area (Å²) in [5.74, 6) is 0.202. The molecule has 1 aliphatic rings. The lowest BCUT2D eigenvalue weighted by Gasteiger charge is -2.28. The van der Waals surface area contributed by atoms with Gasteiger partial charge in [-0.05, 0) is 31.0 Å². The van der Waals surface area contributed by atoms with Crippen LogP contribution in [0, 0.1) is 6.92 Å². The van der Waals surface area contributed by atoms with E-state index in [1.165, 1.54) is 0 Å². The van der Waals surface area contributed by atoms with Crippen molar-refractivity contribution in [2.45, 2.75) is 19.9 Å². The number of nitrogens with two attached hydrogens (primary N) is 1. The average Bonchev–Trinajstić information content (AvgIpc) is 2.89. The highest BCUT2D eigenvalue weighted by Gasteiger charge is 2.26. The van der Waals surface area contributed by atoms with E-state index in [1.54, 1.807) is 11.1 Å². The minimum atomic E-state index is -0.0379. The number of nitrogen functional groups attached to an aromatic ring is 1. The SMILES string of the molecule is Cc1nc2ccccn2c1C(=O)N1CCc2cnc(N)nc2C1. The van der Waals surface area contributed by atoms with Crippen LogP contribution in [0.5, 0.6) is 0 Å². The number of carbonyl (C=O) groups is 1. The van der Waals surface area contributed by atoms with Crippen molar-refractivity contribution in [3.63, 3.8) is 0 Å². The Labute approximate surface area is 132 Å². The van der Waals surface area contributed by atoms with Crippen molar-refractivity contribution in [3.05, 3.63) is 53.2 Å². The second-order valence-corrected chi connectivity index (χ2v) is 5.65. The van der Waals surface area contributed by atoms with E-state index in [-0.39, 0.29) is 11.9 Å². The van der Waals surface area contributed by atoms with Gasteiger partial charge in [-0.15, -0.1) is 0 Å². The average molecular weight is 308 g/mol. The Morgan fingerprint density at radius 3 is 3.04 bits per heavy atom. The number of imidazole rings is 1. The molecule has 1 amide bonds. The smallest absolute Gasteiger partial charge is 0.273 e. The van der Waals surface area contributed by atoms with Gasteiger partial charge in [0.1, 0.15) is 11.3 Å². The maximum absolute atomic E-state index is 13.0. The fourth-order valence-electron chi connectivity index (χ4n) is 3.01. The molecule has 4 rings (SSSR count). The Morgan fingerprint density at radius 2 is 2.17 bits per heavy atom. The normalized spacial score (nSPS) is 14.0. The Kier molecular flexibility index (Phi) is 3.00. The molecule has 1 aliphatic heterocycles. The summed E-state index contributed by atoms with van der Waals surface area (Å²) >= 11 is 0. The molecule has 116 valence electrons. The molecule has 0 fully saturated rings. The molecule has 23 heavy (non-hydrogen) atoms. The van der Waals surface area contributed by atoms with Crippen LogP contribution in [0.25, 0.3) is 5.65 Å². The van der Waals surface area contributed by atoms with Crippen LogP contribution in [0.4, 0.5) is 5.95 Å². The Bertz CT molecular complexity index is 916. The molecule has 0 atom stereocenters. The fraction of sp³-hybridized carbons (Fsp3) is 0.250. The van der Waals surface area contributed by atoms with Gasteiger partial charge in [0.05, 0.1) is 17.9 Å². The van der Waals surface area contributed by atoms with E-state index in [4.69, 9.17) is 5.73 Å². The van der Waals surface area contributed by atoms with Crippen molar-refractivity contribution in [3.8, 4) is 0 Å². The van der Waals surface area contributed by atoms with Crippen molar-refractivity contribution in [2.75, 3.05) is 12.3 Å². The first kappa shape index (κ1) is 13.7. The summed E-state index contributed by atoms with van der Waals surface area (Å²) in [6, 6.07) is 5.69. The molecule has 0 saturated carbocycles. The van der Waals surface area contributed by atoms with Crippen LogP contribution in [-0.2, 0) is 13.0 Å². The first-order valence-corrected chi connectivity index (χ1v) is 7.46. The van der Waals surface area contributed by atoms with Crippen LogP contribution < -0.4 is 5.73 Å². The van der Waals surface area contributed by atoms with Crippen molar-refractivity contribution in [2.24, 2.45) is 0 Å². The van der Waals surface area contributed by atoms with Crippen molar-refractivity contribution < 1.29 is 4.79 Å². The van der Waals surface area contributed by atoms with Crippen LogP contribution in [0.2, 0.25) is 0 Å². The van der Waals surface area contributed by atoms with Crippen molar-refractivity contribution in [1.82, 2.24) is 24.3 Å². The number of nitrogens with zero attached hydrogens (tertiary/aromatic N) is 5. The predicted octanol–water partition coefficient (Wildman–Crippen LogP) is 1.21. The van der Waals surface area contributed by atoms with Gasteiger partial charge in [-0.2, -0.15) is 0 Å². The number of hydrogen-bond donors (Lipinski definition) is 1. The number of fused-ring (bicyclic) bond motifs is 2. The fourth-order valence-corrected chi connectivity index (χ4v) is 3.01. The Morgan fingerprint density at radius 1 is 1.30 bits per heavy atom. The zero-order valence-electron chi connectivity index (χ0n) is 12.7. The lowest BCUT2D eigenvalue weighted by molar-refractivity contribution is 0.0724. The molecular weight excluding hydrogens is 292 g/mol. The van der Waals surface area contributed by atoms with Gasteiger partial charge in [0.2, 0.25) is 5.95 Å². The molecule has 0 aliphatic carbocycles. The lowest BCUT2D eigenvalue weighted by Crippen LogP contribution is -2.37. The number of anilines is 1. The van der Waals surface area contributed by atoms with Gasteiger partial charge in [-0.1, -0.05) is 6.07 Å². The standard InChI is InChI=1S/C16H16N6O/c1-10-14(22-6-3-2-4-13(22)19-10)15(23)21-7-5-11-8-18-16(17)20-12(11)9-21/h2-4,6,8H,5,7,9H2,1H3,(H2,17,18,20). The highest BCUT2D eigenvalue weighted by Crippen LogP contribution is 2.21. The van der Waals surface area contributed by atoms with E-state index >= 15 is 0 Å². The highest BCUT2D eigenvalue weighted by atomic mass is 16.2. The molecule has 0 aromatic carbocycles. The summed E-state index contributed by atoms with van der Waals surface area (Å²) in [7, 11) is 0. The minimum Gasteiger partial charge on any atom is -0.368 e. The summed E-state index contributed by atoms with van der Waals surface area (Å²) in [6.07, 6.45) is 4.34. The van der Waals surface area contributed by atoms with Gasteiger partial charge in [0, 0.05) is 18.9 Å². The maximum Gasteiger partial charge on any atom is 0.273 e. The van der Waals surface area contributed by atoms with Gasteiger partial charge in [0.25, 0.3) is 5.91 Å². The number of hydrogen-bond acceptors (Lipinski definition) is 5. The summed E-state index contributed by atoms with van der Waals surface area (Å²) in [6.45, 7) is 2.94. The molecule has 0 saturated heterocycles. The summed E-state index contributed by atoms with van der Waals surface area (Å²) < 4.78 is 1.83. The number of aryl methyl sites for hydroxylation is 1. The van der Waals surface area contributed by atoms with Crippen molar-refractivity contribution in [1.29, 1.82) is 0 Å². The highest BCUT2D eigenvalue weighted by molar-refractivity contribution is 5.94. The molecule has 3 aromatic rings. The first-order chi connectivity index (χ1) is 11.1. The number of carbonyl (C=O) groups excluding carboxylic acids is 1. The Hall–Kier alpha value is -2.96. The minimum absolute atomic E-state index is 0.0379. The third-order valence-electron chi connectivity index (χ3n) is 4.16. The predicted molar refractivity (Wildman–Crippen MR) is 84.8 cm³/mol.